The summed E-state index contributed by atoms with van der Waals surface area (Å²) in [7, 11) is 0. The molecule has 3 nitrogen and oxygen atoms in total. The fraction of sp³-hybridized carbons (Fsp3) is 0. The van der Waals surface area contributed by atoms with Gasteiger partial charge in [-0.25, -0.2) is 4.98 Å². The summed E-state index contributed by atoms with van der Waals surface area (Å²) in [5.74, 6) is 0. The highest BCUT2D eigenvalue weighted by Gasteiger charge is 2.16. The van der Waals surface area contributed by atoms with E-state index in [9.17, 15) is 0 Å². The Morgan fingerprint density at radius 1 is 0.442 bits per heavy atom. The molecule has 0 fully saturated rings. The molecule has 0 saturated heterocycles. The number of imidazole rings is 1. The van der Waals surface area contributed by atoms with E-state index >= 15 is 0 Å². The smallest absolute Gasteiger partial charge is 0.137 e. The van der Waals surface area contributed by atoms with Crippen LogP contribution in [-0.2, 0) is 0 Å². The van der Waals surface area contributed by atoms with Crippen molar-refractivity contribution < 1.29 is 0 Å². The van der Waals surface area contributed by atoms with E-state index in [1.165, 1.54) is 64.6 Å². The van der Waals surface area contributed by atoms with Crippen molar-refractivity contribution in [3.05, 3.63) is 140 Å². The van der Waals surface area contributed by atoms with Crippen LogP contribution in [-0.4, -0.2) is 14.4 Å². The van der Waals surface area contributed by atoms with Crippen LogP contribution in [0.15, 0.2) is 140 Å². The quantitative estimate of drug-likeness (QED) is 0.202. The number of nitrogens with zero attached hydrogens (tertiary/aromatic N) is 3. The Morgan fingerprint density at radius 3 is 1.70 bits per heavy atom. The van der Waals surface area contributed by atoms with Crippen LogP contribution < -0.4 is 0 Å². The minimum atomic E-state index is 0.867. The summed E-state index contributed by atoms with van der Waals surface area (Å²) >= 11 is 0. The molecule has 7 aromatic carbocycles. The predicted octanol–water partition coefficient (Wildman–Crippen LogP) is 10.4. The van der Waals surface area contributed by atoms with Crippen molar-refractivity contribution in [3.8, 4) is 22.5 Å². The topological polar surface area (TPSA) is 30.2 Å². The SMILES string of the molecule is c1cc2ccc3cccc4c5cc(-c6ccc(-c7cn8ccccc8n7)nc6)cc6ccc7cccc(c(c1)c2c34)c7c65. The van der Waals surface area contributed by atoms with Crippen LogP contribution in [0.2, 0.25) is 0 Å². The molecule has 10 rings (SSSR count). The Kier molecular flexibility index (Phi) is 4.45. The second-order valence-corrected chi connectivity index (χ2v) is 11.5. The average molecular weight is 546 g/mol. The van der Waals surface area contributed by atoms with Crippen LogP contribution in [0.3, 0.4) is 0 Å². The van der Waals surface area contributed by atoms with Gasteiger partial charge in [0.1, 0.15) is 11.3 Å². The fourth-order valence-electron chi connectivity index (χ4n) is 7.22. The highest BCUT2D eigenvalue weighted by atomic mass is 15.0. The lowest BCUT2D eigenvalue weighted by atomic mass is 9.86. The molecule has 0 aliphatic carbocycles. The molecular formula is C40H23N3. The third-order valence-corrected chi connectivity index (χ3v) is 9.15. The fourth-order valence-corrected chi connectivity index (χ4v) is 7.22. The van der Waals surface area contributed by atoms with E-state index in [1.54, 1.807) is 0 Å². The first-order valence-electron chi connectivity index (χ1n) is 14.7. The molecule has 0 amide bonds. The predicted molar refractivity (Wildman–Crippen MR) is 180 cm³/mol. The molecule has 198 valence electrons. The molecule has 0 atom stereocenters. The Morgan fingerprint density at radius 2 is 1.07 bits per heavy atom. The van der Waals surface area contributed by atoms with Crippen molar-refractivity contribution in [1.29, 1.82) is 0 Å². The maximum atomic E-state index is 4.88. The van der Waals surface area contributed by atoms with E-state index in [1.807, 2.05) is 41.2 Å². The number of rotatable bonds is 2. The zero-order chi connectivity index (χ0) is 28.1. The number of fused-ring (bicyclic) bond motifs is 3. The molecule has 3 heteroatoms. The third-order valence-electron chi connectivity index (χ3n) is 9.15. The highest BCUT2D eigenvalue weighted by Crippen LogP contribution is 2.44. The zero-order valence-corrected chi connectivity index (χ0v) is 23.1. The van der Waals surface area contributed by atoms with Gasteiger partial charge >= 0.3 is 0 Å². The Bertz CT molecular complexity index is 2680. The number of hydrogen-bond donors (Lipinski definition) is 0. The van der Waals surface area contributed by atoms with Gasteiger partial charge < -0.3 is 4.40 Å². The first-order valence-corrected chi connectivity index (χ1v) is 14.7. The molecule has 0 saturated carbocycles. The van der Waals surface area contributed by atoms with Crippen LogP contribution in [0.5, 0.6) is 0 Å². The van der Waals surface area contributed by atoms with Gasteiger partial charge in [0.2, 0.25) is 0 Å². The van der Waals surface area contributed by atoms with Crippen LogP contribution in [0.4, 0.5) is 0 Å². The van der Waals surface area contributed by atoms with Gasteiger partial charge in [-0.2, -0.15) is 0 Å². The Balaban J connectivity index is 1.31. The van der Waals surface area contributed by atoms with Gasteiger partial charge in [-0.05, 0) is 101 Å². The molecule has 3 heterocycles. The molecule has 0 spiro atoms. The monoisotopic (exact) mass is 545 g/mol. The maximum absolute atomic E-state index is 4.88. The summed E-state index contributed by atoms with van der Waals surface area (Å²) in [6.45, 7) is 0. The molecule has 0 aliphatic heterocycles. The first-order chi connectivity index (χ1) is 21.3. The third kappa shape index (κ3) is 3.19. The molecule has 0 radical (unpaired) electrons. The lowest BCUT2D eigenvalue weighted by Crippen LogP contribution is -1.90. The van der Waals surface area contributed by atoms with Crippen LogP contribution in [0.25, 0.3) is 92.8 Å². The summed E-state index contributed by atoms with van der Waals surface area (Å²) in [5.41, 5.74) is 4.91. The van der Waals surface area contributed by atoms with Gasteiger partial charge in [-0.3, -0.25) is 4.98 Å². The molecule has 3 aromatic heterocycles. The Hall–Kier alpha value is -5.80. The van der Waals surface area contributed by atoms with E-state index < -0.39 is 0 Å². The lowest BCUT2D eigenvalue weighted by Gasteiger charge is -2.17. The molecular weight excluding hydrogens is 522 g/mol. The van der Waals surface area contributed by atoms with E-state index in [0.29, 0.717) is 0 Å². The number of pyridine rings is 2. The van der Waals surface area contributed by atoms with E-state index in [2.05, 4.69) is 103 Å². The summed E-state index contributed by atoms with van der Waals surface area (Å²) < 4.78 is 2.03. The first kappa shape index (κ1) is 22.8. The number of benzene rings is 6. The average Bonchev–Trinajstić information content (AvgIpc) is 3.51. The van der Waals surface area contributed by atoms with Gasteiger partial charge in [0.15, 0.2) is 0 Å². The van der Waals surface area contributed by atoms with Gasteiger partial charge in [0.25, 0.3) is 0 Å². The van der Waals surface area contributed by atoms with Crippen LogP contribution >= 0.6 is 0 Å². The van der Waals surface area contributed by atoms with Crippen LogP contribution in [0, 0.1) is 0 Å². The normalized spacial score (nSPS) is 12.2. The minimum absolute atomic E-state index is 0.867. The highest BCUT2D eigenvalue weighted by molar-refractivity contribution is 6.37. The van der Waals surface area contributed by atoms with E-state index in [-0.39, 0.29) is 0 Å². The number of hydrogen-bond acceptors (Lipinski definition) is 2. The van der Waals surface area contributed by atoms with Gasteiger partial charge in [0, 0.05) is 24.2 Å². The van der Waals surface area contributed by atoms with E-state index in [0.717, 1.165) is 28.2 Å². The zero-order valence-electron chi connectivity index (χ0n) is 23.1. The summed E-state index contributed by atoms with van der Waals surface area (Å²) in [6, 6.07) is 44.3. The molecule has 10 aromatic rings. The second kappa shape index (κ2) is 8.37. The standard InChI is InChI=1S/C40H23N3/c1-2-19-43-23-35(42-36(43)12-1)34-18-17-28(22-41-34)29-20-27-16-15-26-7-4-10-31-30-9-3-6-24-13-14-25-8-5-11-32(39(25)37(24)30)33(21-29)40(27)38(26)31/h1-23H. The molecule has 0 bridgehead atoms. The number of aromatic nitrogens is 3. The minimum Gasteiger partial charge on any atom is -0.306 e. The van der Waals surface area contributed by atoms with Crippen molar-refractivity contribution in [2.24, 2.45) is 0 Å². The molecule has 0 aliphatic rings. The van der Waals surface area contributed by atoms with Crippen LogP contribution in [0.1, 0.15) is 0 Å². The lowest BCUT2D eigenvalue weighted by molar-refractivity contribution is 1.19. The summed E-state index contributed by atoms with van der Waals surface area (Å²) in [4.78, 5) is 9.64. The summed E-state index contributed by atoms with van der Waals surface area (Å²) in [5, 5.41) is 15.5. The second-order valence-electron chi connectivity index (χ2n) is 11.5. The van der Waals surface area contributed by atoms with Crippen molar-refractivity contribution in [2.75, 3.05) is 0 Å². The summed E-state index contributed by atoms with van der Waals surface area (Å²) in [6.07, 6.45) is 6.03. The largest absolute Gasteiger partial charge is 0.306 e. The molecule has 0 unspecified atom stereocenters. The van der Waals surface area contributed by atoms with Gasteiger partial charge in [-0.15, -0.1) is 0 Å². The van der Waals surface area contributed by atoms with Crippen molar-refractivity contribution in [2.45, 2.75) is 0 Å². The van der Waals surface area contributed by atoms with E-state index in [4.69, 9.17) is 9.97 Å². The molecule has 43 heavy (non-hydrogen) atoms. The maximum Gasteiger partial charge on any atom is 0.137 e. The Labute approximate surface area is 246 Å². The van der Waals surface area contributed by atoms with Crippen molar-refractivity contribution in [3.63, 3.8) is 0 Å². The molecule has 0 N–H and O–H groups in total. The van der Waals surface area contributed by atoms with Gasteiger partial charge in [-0.1, -0.05) is 91.0 Å². The van der Waals surface area contributed by atoms with Crippen molar-refractivity contribution in [1.82, 2.24) is 14.4 Å². The van der Waals surface area contributed by atoms with Crippen molar-refractivity contribution >= 4 is 70.3 Å². The van der Waals surface area contributed by atoms with Gasteiger partial charge in [0.05, 0.1) is 5.69 Å².